The Morgan fingerprint density at radius 1 is 1.32 bits per heavy atom. The number of alkyl halides is 3. The van der Waals surface area contributed by atoms with Gasteiger partial charge in [0, 0.05) is 39.7 Å². The predicted octanol–water partition coefficient (Wildman–Crippen LogP) is 3.39. The maximum absolute atomic E-state index is 12.8. The molecule has 0 aromatic heterocycles. The number of carbonyl (C=O) groups excluding carboxylic acids is 1. The van der Waals surface area contributed by atoms with Gasteiger partial charge in [-0.25, -0.2) is 8.42 Å². The molecular weight excluding hydrogens is 411 g/mol. The van der Waals surface area contributed by atoms with E-state index in [9.17, 15) is 26.4 Å². The molecule has 1 fully saturated rings. The van der Waals surface area contributed by atoms with E-state index in [-0.39, 0.29) is 23.1 Å². The van der Waals surface area contributed by atoms with Crippen LogP contribution in [-0.4, -0.2) is 26.6 Å². The molecule has 0 radical (unpaired) electrons. The molecule has 1 atom stereocenters. The van der Waals surface area contributed by atoms with Gasteiger partial charge in [-0.3, -0.25) is 4.79 Å². The summed E-state index contributed by atoms with van der Waals surface area (Å²) in [5, 5.41) is 0. The number of halogens is 5. The fourth-order valence-corrected chi connectivity index (χ4v) is 4.12. The number of rotatable bonds is 3. The monoisotopic (exact) mass is 419 g/mol. The third-order valence-corrected chi connectivity index (χ3v) is 4.87. The first kappa shape index (κ1) is 17.6. The molecule has 0 bridgehead atoms. The molecule has 0 spiro atoms. The first-order valence-electron chi connectivity index (χ1n) is 6.06. The fourth-order valence-electron chi connectivity index (χ4n) is 2.32. The Hall–Kier alpha value is -0.800. The summed E-state index contributed by atoms with van der Waals surface area (Å²) in [6.07, 6.45) is -4.61. The molecule has 122 valence electrons. The highest BCUT2D eigenvalue weighted by Crippen LogP contribution is 2.36. The first-order valence-corrected chi connectivity index (χ1v) is 9.33. The standard InChI is InChI=1S/C12H10BrClF3NO3S/c13-9-2-8(12(15,16)17)3-10(4-9)18-5-7(1-11(18)19)6-22(14,20)21/h2-4,7H,1,5-6H2. The molecule has 1 unspecified atom stereocenters. The molecule has 0 N–H and O–H groups in total. The van der Waals surface area contributed by atoms with Crippen LogP contribution in [0, 0.1) is 5.92 Å². The van der Waals surface area contributed by atoms with Crippen LogP contribution in [0.4, 0.5) is 18.9 Å². The number of carbonyl (C=O) groups is 1. The summed E-state index contributed by atoms with van der Waals surface area (Å²) in [5.41, 5.74) is -0.820. The summed E-state index contributed by atoms with van der Waals surface area (Å²) in [7, 11) is 1.38. The third kappa shape index (κ3) is 4.36. The molecule has 1 saturated heterocycles. The van der Waals surface area contributed by atoms with Gasteiger partial charge in [0.15, 0.2) is 0 Å². The van der Waals surface area contributed by atoms with Gasteiger partial charge in [-0.15, -0.1) is 0 Å². The van der Waals surface area contributed by atoms with Crippen molar-refractivity contribution in [2.24, 2.45) is 5.92 Å². The van der Waals surface area contributed by atoms with Crippen LogP contribution < -0.4 is 4.90 Å². The van der Waals surface area contributed by atoms with Crippen molar-refractivity contribution in [1.29, 1.82) is 0 Å². The molecule has 1 aromatic rings. The van der Waals surface area contributed by atoms with Crippen molar-refractivity contribution in [2.45, 2.75) is 12.6 Å². The smallest absolute Gasteiger partial charge is 0.312 e. The topological polar surface area (TPSA) is 54.5 Å². The fraction of sp³-hybridized carbons (Fsp3) is 0.417. The number of benzene rings is 1. The van der Waals surface area contributed by atoms with Crippen LogP contribution in [0.5, 0.6) is 0 Å². The SMILES string of the molecule is O=C1CC(CS(=O)(=O)Cl)CN1c1cc(Br)cc(C(F)(F)F)c1. The molecule has 1 aliphatic rings. The lowest BCUT2D eigenvalue weighted by Gasteiger charge is -2.19. The molecule has 1 aliphatic heterocycles. The highest BCUT2D eigenvalue weighted by molar-refractivity contribution is 9.10. The second-order valence-electron chi connectivity index (χ2n) is 4.98. The summed E-state index contributed by atoms with van der Waals surface area (Å²) < 4.78 is 60.7. The van der Waals surface area contributed by atoms with Crippen molar-refractivity contribution in [3.63, 3.8) is 0 Å². The minimum absolute atomic E-state index is 0.0124. The van der Waals surface area contributed by atoms with Crippen LogP contribution in [0.25, 0.3) is 0 Å². The van der Waals surface area contributed by atoms with Crippen LogP contribution in [-0.2, 0) is 20.0 Å². The highest BCUT2D eigenvalue weighted by atomic mass is 79.9. The van der Waals surface area contributed by atoms with E-state index in [1.807, 2.05) is 0 Å². The van der Waals surface area contributed by atoms with Gasteiger partial charge in [0.05, 0.1) is 11.3 Å². The average molecular weight is 421 g/mol. The van der Waals surface area contributed by atoms with Gasteiger partial charge >= 0.3 is 6.18 Å². The Morgan fingerprint density at radius 3 is 2.50 bits per heavy atom. The Bertz CT molecular complexity index is 708. The zero-order valence-corrected chi connectivity index (χ0v) is 14.1. The number of hydrogen-bond acceptors (Lipinski definition) is 3. The Balaban J connectivity index is 2.29. The van der Waals surface area contributed by atoms with Gasteiger partial charge in [-0.1, -0.05) is 15.9 Å². The maximum Gasteiger partial charge on any atom is 0.416 e. The number of anilines is 1. The number of hydrogen-bond donors (Lipinski definition) is 0. The van der Waals surface area contributed by atoms with E-state index < -0.39 is 38.4 Å². The zero-order chi connectivity index (χ0) is 16.7. The van der Waals surface area contributed by atoms with Crippen molar-refractivity contribution >= 4 is 47.3 Å². The summed E-state index contributed by atoms with van der Waals surface area (Å²) in [4.78, 5) is 13.1. The summed E-state index contributed by atoms with van der Waals surface area (Å²) >= 11 is 2.98. The van der Waals surface area contributed by atoms with Gasteiger partial charge in [0.25, 0.3) is 0 Å². The molecule has 1 heterocycles. The summed E-state index contributed by atoms with van der Waals surface area (Å²) in [6, 6.07) is 3.15. The summed E-state index contributed by atoms with van der Waals surface area (Å²) in [5.74, 6) is -1.36. The largest absolute Gasteiger partial charge is 0.416 e. The Morgan fingerprint density at radius 2 is 1.95 bits per heavy atom. The second-order valence-corrected chi connectivity index (χ2v) is 8.71. The van der Waals surface area contributed by atoms with E-state index in [4.69, 9.17) is 10.7 Å². The molecule has 0 saturated carbocycles. The highest BCUT2D eigenvalue weighted by Gasteiger charge is 2.36. The molecule has 1 amide bonds. The van der Waals surface area contributed by atoms with Crippen LogP contribution in [0.1, 0.15) is 12.0 Å². The van der Waals surface area contributed by atoms with Crippen LogP contribution in [0.2, 0.25) is 0 Å². The van der Waals surface area contributed by atoms with E-state index >= 15 is 0 Å². The van der Waals surface area contributed by atoms with E-state index in [0.717, 1.165) is 17.0 Å². The lowest BCUT2D eigenvalue weighted by molar-refractivity contribution is -0.137. The van der Waals surface area contributed by atoms with Crippen molar-refractivity contribution < 1.29 is 26.4 Å². The Kier molecular flexibility index (Phi) is 4.79. The van der Waals surface area contributed by atoms with E-state index in [0.29, 0.717) is 0 Å². The average Bonchev–Trinajstić information content (AvgIpc) is 2.65. The van der Waals surface area contributed by atoms with Crippen LogP contribution in [0.3, 0.4) is 0 Å². The van der Waals surface area contributed by atoms with Gasteiger partial charge in [-0.05, 0) is 18.2 Å². The van der Waals surface area contributed by atoms with E-state index in [2.05, 4.69) is 15.9 Å². The minimum Gasteiger partial charge on any atom is -0.312 e. The lowest BCUT2D eigenvalue weighted by Crippen LogP contribution is -2.25. The van der Waals surface area contributed by atoms with Crippen LogP contribution in [0.15, 0.2) is 22.7 Å². The number of nitrogens with zero attached hydrogens (tertiary/aromatic N) is 1. The molecular formula is C12H10BrClF3NO3S. The van der Waals surface area contributed by atoms with Crippen molar-refractivity contribution in [3.05, 3.63) is 28.2 Å². The quantitative estimate of drug-likeness (QED) is 0.705. The maximum atomic E-state index is 12.8. The lowest BCUT2D eigenvalue weighted by atomic mass is 10.1. The molecule has 1 aromatic carbocycles. The molecule has 4 nitrogen and oxygen atoms in total. The number of amides is 1. The van der Waals surface area contributed by atoms with E-state index in [1.54, 1.807) is 0 Å². The summed E-state index contributed by atoms with van der Waals surface area (Å²) in [6.45, 7) is 0.0124. The molecule has 2 rings (SSSR count). The van der Waals surface area contributed by atoms with Gasteiger partial charge in [0.2, 0.25) is 15.0 Å². The van der Waals surface area contributed by atoms with Gasteiger partial charge in [-0.2, -0.15) is 13.2 Å². The zero-order valence-electron chi connectivity index (χ0n) is 10.9. The van der Waals surface area contributed by atoms with E-state index in [1.165, 1.54) is 6.07 Å². The van der Waals surface area contributed by atoms with Gasteiger partial charge < -0.3 is 4.90 Å². The predicted molar refractivity (Wildman–Crippen MR) is 79.2 cm³/mol. The second kappa shape index (κ2) is 6.01. The third-order valence-electron chi connectivity index (χ3n) is 3.16. The first-order chi connectivity index (χ1) is 9.95. The molecule has 0 aliphatic carbocycles. The van der Waals surface area contributed by atoms with Crippen molar-refractivity contribution in [1.82, 2.24) is 0 Å². The minimum atomic E-state index is -4.54. The van der Waals surface area contributed by atoms with Crippen molar-refractivity contribution in [3.8, 4) is 0 Å². The van der Waals surface area contributed by atoms with Crippen LogP contribution >= 0.6 is 26.6 Å². The van der Waals surface area contributed by atoms with Crippen molar-refractivity contribution in [2.75, 3.05) is 17.2 Å². The molecule has 10 heteroatoms. The van der Waals surface area contributed by atoms with Gasteiger partial charge in [0.1, 0.15) is 0 Å². The Labute approximate surface area is 137 Å². The molecule has 22 heavy (non-hydrogen) atoms. The normalized spacial score (nSPS) is 19.8.